The van der Waals surface area contributed by atoms with Gasteiger partial charge in [0.2, 0.25) is 0 Å². The number of benzene rings is 2. The minimum absolute atomic E-state index is 0.0274. The summed E-state index contributed by atoms with van der Waals surface area (Å²) in [4.78, 5) is 27.6. The minimum atomic E-state index is -0.472. The van der Waals surface area contributed by atoms with Gasteiger partial charge in [0.1, 0.15) is 0 Å². The topological polar surface area (TPSA) is 86.7 Å². The standard InChI is InChI=1S/C20H18BrN3O4S/c1-2-28-11-10-23-17-8-7-15(21)13-18(17)29-20(23)22-19(25)9-6-14-4-3-5-16(12-14)24(26)27/h3-9,12-13H,2,10-11H2,1H3/b9-6+,22-20?. The zero-order valence-electron chi connectivity index (χ0n) is 15.6. The maximum absolute atomic E-state index is 12.4. The lowest BCUT2D eigenvalue weighted by atomic mass is 10.2. The predicted octanol–water partition coefficient (Wildman–Crippen LogP) is 4.55. The fourth-order valence-electron chi connectivity index (χ4n) is 2.69. The van der Waals surface area contributed by atoms with Crippen LogP contribution in [0.5, 0.6) is 0 Å². The molecule has 7 nitrogen and oxygen atoms in total. The van der Waals surface area contributed by atoms with E-state index in [0.29, 0.717) is 30.1 Å². The number of fused-ring (bicyclic) bond motifs is 1. The van der Waals surface area contributed by atoms with Gasteiger partial charge in [-0.3, -0.25) is 14.9 Å². The Morgan fingerprint density at radius 2 is 2.17 bits per heavy atom. The van der Waals surface area contributed by atoms with Gasteiger partial charge >= 0.3 is 0 Å². The number of hydrogen-bond donors (Lipinski definition) is 0. The number of hydrogen-bond acceptors (Lipinski definition) is 5. The highest BCUT2D eigenvalue weighted by Crippen LogP contribution is 2.22. The van der Waals surface area contributed by atoms with E-state index < -0.39 is 10.8 Å². The molecule has 0 aliphatic rings. The molecule has 0 saturated heterocycles. The Kier molecular flexibility index (Phi) is 7.08. The number of non-ortho nitro benzene ring substituents is 1. The monoisotopic (exact) mass is 475 g/mol. The number of nitrogens with zero attached hydrogens (tertiary/aromatic N) is 3. The highest BCUT2D eigenvalue weighted by atomic mass is 79.9. The first kappa shape index (κ1) is 21.1. The number of aromatic nitrogens is 1. The Labute approximate surface area is 179 Å². The lowest BCUT2D eigenvalue weighted by molar-refractivity contribution is -0.384. The molecule has 150 valence electrons. The van der Waals surface area contributed by atoms with Crippen LogP contribution in [0.15, 0.2) is 58.0 Å². The summed E-state index contributed by atoms with van der Waals surface area (Å²) >= 11 is 4.88. The zero-order chi connectivity index (χ0) is 20.8. The van der Waals surface area contributed by atoms with Crippen molar-refractivity contribution >= 4 is 55.2 Å². The molecular weight excluding hydrogens is 458 g/mol. The number of rotatable bonds is 7. The number of ether oxygens (including phenoxy) is 1. The number of amides is 1. The molecule has 0 fully saturated rings. The van der Waals surface area contributed by atoms with Crippen molar-refractivity contribution in [2.24, 2.45) is 4.99 Å². The molecule has 0 N–H and O–H groups in total. The molecule has 29 heavy (non-hydrogen) atoms. The maximum atomic E-state index is 12.4. The van der Waals surface area contributed by atoms with Crippen molar-refractivity contribution < 1.29 is 14.5 Å². The molecular formula is C20H18BrN3O4S. The molecule has 3 rings (SSSR count). The molecule has 0 spiro atoms. The summed E-state index contributed by atoms with van der Waals surface area (Å²) in [6.07, 6.45) is 2.83. The molecule has 0 atom stereocenters. The van der Waals surface area contributed by atoms with E-state index in [9.17, 15) is 14.9 Å². The van der Waals surface area contributed by atoms with Crippen molar-refractivity contribution in [3.63, 3.8) is 0 Å². The SMILES string of the molecule is CCOCCn1c(=NC(=O)/C=C/c2cccc([N+](=O)[O-])c2)sc2cc(Br)ccc21. The lowest BCUT2D eigenvalue weighted by Gasteiger charge is -2.05. The molecule has 1 heterocycles. The Balaban J connectivity index is 1.91. The molecule has 0 aliphatic heterocycles. The lowest BCUT2D eigenvalue weighted by Crippen LogP contribution is -2.19. The molecule has 0 saturated carbocycles. The van der Waals surface area contributed by atoms with Crippen LogP contribution < -0.4 is 4.80 Å². The normalized spacial score (nSPS) is 12.1. The van der Waals surface area contributed by atoms with Crippen LogP contribution in [0.2, 0.25) is 0 Å². The zero-order valence-corrected chi connectivity index (χ0v) is 18.0. The molecule has 1 amide bonds. The van der Waals surface area contributed by atoms with E-state index in [1.54, 1.807) is 12.1 Å². The van der Waals surface area contributed by atoms with E-state index in [1.807, 2.05) is 29.7 Å². The van der Waals surface area contributed by atoms with Crippen molar-refractivity contribution in [2.45, 2.75) is 13.5 Å². The van der Waals surface area contributed by atoms with Crippen LogP contribution in [-0.4, -0.2) is 28.6 Å². The first-order valence-electron chi connectivity index (χ1n) is 8.86. The Morgan fingerprint density at radius 1 is 1.34 bits per heavy atom. The van der Waals surface area contributed by atoms with Crippen LogP contribution in [-0.2, 0) is 16.1 Å². The van der Waals surface area contributed by atoms with Crippen molar-refractivity contribution in [1.82, 2.24) is 4.57 Å². The largest absolute Gasteiger partial charge is 0.380 e. The fraction of sp³-hybridized carbons (Fsp3) is 0.200. The van der Waals surface area contributed by atoms with Gasteiger partial charge in [0.05, 0.1) is 21.7 Å². The average molecular weight is 476 g/mol. The number of nitro benzene ring substituents is 1. The first-order valence-corrected chi connectivity index (χ1v) is 10.5. The van der Waals surface area contributed by atoms with E-state index in [1.165, 1.54) is 35.6 Å². The van der Waals surface area contributed by atoms with Crippen LogP contribution in [0.1, 0.15) is 12.5 Å². The Morgan fingerprint density at radius 3 is 2.93 bits per heavy atom. The molecule has 9 heteroatoms. The van der Waals surface area contributed by atoms with E-state index in [-0.39, 0.29) is 5.69 Å². The van der Waals surface area contributed by atoms with E-state index in [2.05, 4.69) is 20.9 Å². The van der Waals surface area contributed by atoms with Crippen LogP contribution in [0.25, 0.3) is 16.3 Å². The predicted molar refractivity (Wildman–Crippen MR) is 117 cm³/mol. The summed E-state index contributed by atoms with van der Waals surface area (Å²) in [5.41, 5.74) is 1.51. The summed E-state index contributed by atoms with van der Waals surface area (Å²) < 4.78 is 9.37. The third kappa shape index (κ3) is 5.47. The van der Waals surface area contributed by atoms with Crippen molar-refractivity contribution in [1.29, 1.82) is 0 Å². The van der Waals surface area contributed by atoms with Crippen LogP contribution >= 0.6 is 27.3 Å². The summed E-state index contributed by atoms with van der Waals surface area (Å²) in [7, 11) is 0. The molecule has 1 aromatic heterocycles. The van der Waals surface area contributed by atoms with Gasteiger partial charge in [0, 0.05) is 35.8 Å². The highest BCUT2D eigenvalue weighted by Gasteiger charge is 2.08. The molecule has 0 unspecified atom stereocenters. The van der Waals surface area contributed by atoms with Gasteiger partial charge in [-0.1, -0.05) is 39.4 Å². The Bertz CT molecular complexity index is 1150. The third-order valence-electron chi connectivity index (χ3n) is 4.01. The van der Waals surface area contributed by atoms with Gasteiger partial charge in [-0.2, -0.15) is 4.99 Å². The van der Waals surface area contributed by atoms with Crippen molar-refractivity contribution in [2.75, 3.05) is 13.2 Å². The molecule has 3 aromatic rings. The smallest absolute Gasteiger partial charge is 0.272 e. The molecule has 0 radical (unpaired) electrons. The fourth-order valence-corrected chi connectivity index (χ4v) is 4.30. The van der Waals surface area contributed by atoms with E-state index in [0.717, 1.165) is 14.7 Å². The second-order valence-corrected chi connectivity index (χ2v) is 7.91. The number of nitro groups is 1. The van der Waals surface area contributed by atoms with Crippen LogP contribution in [0.3, 0.4) is 0 Å². The van der Waals surface area contributed by atoms with Crippen LogP contribution in [0, 0.1) is 10.1 Å². The Hall–Kier alpha value is -2.62. The summed E-state index contributed by atoms with van der Waals surface area (Å²) in [5, 5.41) is 10.9. The highest BCUT2D eigenvalue weighted by molar-refractivity contribution is 9.10. The van der Waals surface area contributed by atoms with Gasteiger partial charge in [0.15, 0.2) is 4.80 Å². The van der Waals surface area contributed by atoms with E-state index in [4.69, 9.17) is 4.74 Å². The van der Waals surface area contributed by atoms with Crippen molar-refractivity contribution in [3.8, 4) is 0 Å². The van der Waals surface area contributed by atoms with Crippen LogP contribution in [0.4, 0.5) is 5.69 Å². The second-order valence-electron chi connectivity index (χ2n) is 5.98. The van der Waals surface area contributed by atoms with Gasteiger partial charge in [-0.05, 0) is 36.8 Å². The third-order valence-corrected chi connectivity index (χ3v) is 5.55. The van der Waals surface area contributed by atoms with Gasteiger partial charge in [-0.25, -0.2) is 0 Å². The summed E-state index contributed by atoms with van der Waals surface area (Å²) in [5.74, 6) is -0.438. The second kappa shape index (κ2) is 9.73. The van der Waals surface area contributed by atoms with Crippen molar-refractivity contribution in [3.05, 3.63) is 73.5 Å². The number of thiazole rings is 1. The quantitative estimate of drug-likeness (QED) is 0.217. The molecule has 2 aromatic carbocycles. The molecule has 0 bridgehead atoms. The summed E-state index contributed by atoms with van der Waals surface area (Å²) in [6, 6.07) is 12.0. The number of carbonyl (C=O) groups is 1. The van der Waals surface area contributed by atoms with Gasteiger partial charge in [-0.15, -0.1) is 0 Å². The maximum Gasteiger partial charge on any atom is 0.272 e. The van der Waals surface area contributed by atoms with E-state index >= 15 is 0 Å². The van der Waals surface area contributed by atoms with Gasteiger partial charge in [0.25, 0.3) is 11.6 Å². The first-order chi connectivity index (χ1) is 14.0. The number of halogens is 1. The summed E-state index contributed by atoms with van der Waals surface area (Å²) in [6.45, 7) is 3.64. The van der Waals surface area contributed by atoms with Gasteiger partial charge < -0.3 is 9.30 Å². The average Bonchev–Trinajstić information content (AvgIpc) is 3.03. The number of carbonyl (C=O) groups excluding carboxylic acids is 1. The minimum Gasteiger partial charge on any atom is -0.380 e. The molecule has 0 aliphatic carbocycles.